The van der Waals surface area contributed by atoms with E-state index in [4.69, 9.17) is 5.11 Å². The smallest absolute Gasteiger partial charge is 0.326 e. The molecule has 0 radical (unpaired) electrons. The lowest BCUT2D eigenvalue weighted by atomic mass is 9.99. The van der Waals surface area contributed by atoms with Gasteiger partial charge in [0.05, 0.1) is 4.92 Å². The fourth-order valence-electron chi connectivity index (χ4n) is 1.91. The molecule has 21 heavy (non-hydrogen) atoms. The molecule has 114 valence electrons. The van der Waals surface area contributed by atoms with Crippen molar-refractivity contribution in [2.24, 2.45) is 0 Å². The first-order chi connectivity index (χ1) is 9.77. The number of rotatable bonds is 6. The first-order valence-electron chi connectivity index (χ1n) is 6.59. The van der Waals surface area contributed by atoms with E-state index in [0.29, 0.717) is 5.56 Å². The Bertz CT molecular complexity index is 568. The van der Waals surface area contributed by atoms with Crippen LogP contribution >= 0.6 is 0 Å². The van der Waals surface area contributed by atoms with Crippen LogP contribution in [-0.4, -0.2) is 27.9 Å². The molecule has 0 aliphatic carbocycles. The number of nitrogens with zero attached hydrogens (tertiary/aromatic N) is 1. The van der Waals surface area contributed by atoms with E-state index in [1.54, 1.807) is 6.92 Å². The Labute approximate surface area is 122 Å². The maximum atomic E-state index is 12.0. The van der Waals surface area contributed by atoms with Crippen LogP contribution in [0.2, 0.25) is 0 Å². The van der Waals surface area contributed by atoms with E-state index in [1.165, 1.54) is 18.2 Å². The number of aliphatic carboxylic acids is 1. The van der Waals surface area contributed by atoms with E-state index in [1.807, 2.05) is 13.8 Å². The highest BCUT2D eigenvalue weighted by molar-refractivity contribution is 5.97. The van der Waals surface area contributed by atoms with Gasteiger partial charge in [-0.1, -0.05) is 26.8 Å². The molecule has 0 aliphatic rings. The van der Waals surface area contributed by atoms with E-state index < -0.39 is 22.8 Å². The van der Waals surface area contributed by atoms with E-state index in [0.717, 1.165) is 0 Å². The van der Waals surface area contributed by atoms with Gasteiger partial charge in [-0.15, -0.1) is 0 Å². The van der Waals surface area contributed by atoms with Gasteiger partial charge in [-0.3, -0.25) is 14.9 Å². The number of nitro groups is 1. The Kier molecular flexibility index (Phi) is 5.40. The number of nitro benzene ring substituents is 1. The van der Waals surface area contributed by atoms with Crippen LogP contribution in [0.1, 0.15) is 49.0 Å². The summed E-state index contributed by atoms with van der Waals surface area (Å²) in [5.74, 6) is -1.83. The monoisotopic (exact) mass is 294 g/mol. The predicted octanol–water partition coefficient (Wildman–Crippen LogP) is 2.31. The lowest BCUT2D eigenvalue weighted by Gasteiger charge is -2.13. The second-order valence-electron chi connectivity index (χ2n) is 4.96. The van der Waals surface area contributed by atoms with Gasteiger partial charge in [-0.25, -0.2) is 4.79 Å². The summed E-state index contributed by atoms with van der Waals surface area (Å²) in [6, 6.07) is 3.16. The highest BCUT2D eigenvalue weighted by Gasteiger charge is 2.22. The number of hydrogen-bond donors (Lipinski definition) is 2. The molecule has 1 unspecified atom stereocenters. The Morgan fingerprint density at radius 3 is 2.43 bits per heavy atom. The highest BCUT2D eigenvalue weighted by atomic mass is 16.6. The van der Waals surface area contributed by atoms with Crippen molar-refractivity contribution in [3.63, 3.8) is 0 Å². The third kappa shape index (κ3) is 4.01. The Morgan fingerprint density at radius 1 is 1.38 bits per heavy atom. The average Bonchev–Trinajstić information content (AvgIpc) is 2.43. The van der Waals surface area contributed by atoms with Gasteiger partial charge in [0, 0.05) is 17.2 Å². The highest BCUT2D eigenvalue weighted by Crippen LogP contribution is 2.27. The first kappa shape index (κ1) is 16.6. The lowest BCUT2D eigenvalue weighted by Crippen LogP contribution is -2.40. The fraction of sp³-hybridized carbons (Fsp3) is 0.429. The number of amides is 1. The van der Waals surface area contributed by atoms with Crippen molar-refractivity contribution in [1.29, 1.82) is 0 Å². The van der Waals surface area contributed by atoms with Crippen LogP contribution in [0, 0.1) is 10.1 Å². The van der Waals surface area contributed by atoms with Gasteiger partial charge in [-0.05, 0) is 18.4 Å². The summed E-state index contributed by atoms with van der Waals surface area (Å²) in [5.41, 5.74) is 0.466. The standard InChI is InChI=1S/C14H18N2O5/c1-4-11(14(18)19)15-13(17)9-5-6-10(8(2)3)12(7-9)16(20)21/h5-8,11H,4H2,1-3H3,(H,15,17)(H,18,19). The van der Waals surface area contributed by atoms with Crippen LogP contribution in [0.15, 0.2) is 18.2 Å². The lowest BCUT2D eigenvalue weighted by molar-refractivity contribution is -0.385. The topological polar surface area (TPSA) is 110 Å². The van der Waals surface area contributed by atoms with Gasteiger partial charge in [0.15, 0.2) is 0 Å². The molecule has 2 N–H and O–H groups in total. The fourth-order valence-corrected chi connectivity index (χ4v) is 1.91. The van der Waals surface area contributed by atoms with E-state index in [2.05, 4.69) is 5.32 Å². The molecular weight excluding hydrogens is 276 g/mol. The molecule has 0 saturated heterocycles. The molecule has 1 amide bonds. The molecule has 0 fully saturated rings. The minimum atomic E-state index is -1.14. The molecule has 0 saturated carbocycles. The van der Waals surface area contributed by atoms with Crippen LogP contribution in [0.4, 0.5) is 5.69 Å². The van der Waals surface area contributed by atoms with E-state index >= 15 is 0 Å². The average molecular weight is 294 g/mol. The van der Waals surface area contributed by atoms with Gasteiger partial charge in [-0.2, -0.15) is 0 Å². The normalized spacial score (nSPS) is 12.0. The molecule has 0 bridgehead atoms. The second kappa shape index (κ2) is 6.83. The van der Waals surface area contributed by atoms with Crippen LogP contribution in [0.25, 0.3) is 0 Å². The summed E-state index contributed by atoms with van der Waals surface area (Å²) in [7, 11) is 0. The molecule has 1 aromatic carbocycles. The third-order valence-corrected chi connectivity index (χ3v) is 3.12. The molecule has 0 spiro atoms. The van der Waals surface area contributed by atoms with E-state index in [9.17, 15) is 19.7 Å². The minimum absolute atomic E-state index is 0.0510. The molecule has 0 heterocycles. The van der Waals surface area contributed by atoms with Crippen molar-refractivity contribution in [2.75, 3.05) is 0 Å². The molecule has 1 atom stereocenters. The number of nitrogens with one attached hydrogen (secondary N) is 1. The van der Waals surface area contributed by atoms with Gasteiger partial charge in [0.25, 0.3) is 11.6 Å². The van der Waals surface area contributed by atoms with Crippen molar-refractivity contribution in [1.82, 2.24) is 5.32 Å². The number of carbonyl (C=O) groups excluding carboxylic acids is 1. The maximum Gasteiger partial charge on any atom is 0.326 e. The third-order valence-electron chi connectivity index (χ3n) is 3.12. The SMILES string of the molecule is CCC(NC(=O)c1ccc(C(C)C)c([N+](=O)[O-])c1)C(=O)O. The Morgan fingerprint density at radius 2 is 2.00 bits per heavy atom. The van der Waals surface area contributed by atoms with Crippen LogP contribution in [-0.2, 0) is 4.79 Å². The summed E-state index contributed by atoms with van der Waals surface area (Å²) in [4.78, 5) is 33.4. The minimum Gasteiger partial charge on any atom is -0.480 e. The number of hydrogen-bond acceptors (Lipinski definition) is 4. The summed E-state index contributed by atoms with van der Waals surface area (Å²) in [6.07, 6.45) is 0.229. The maximum absolute atomic E-state index is 12.0. The van der Waals surface area contributed by atoms with Crippen molar-refractivity contribution in [3.05, 3.63) is 39.4 Å². The second-order valence-corrected chi connectivity index (χ2v) is 4.96. The summed E-state index contributed by atoms with van der Waals surface area (Å²) < 4.78 is 0. The molecule has 7 heteroatoms. The summed E-state index contributed by atoms with van der Waals surface area (Å²) in [5, 5.41) is 22.3. The number of carboxylic acid groups (broad SMARTS) is 1. The summed E-state index contributed by atoms with van der Waals surface area (Å²) >= 11 is 0. The zero-order valence-corrected chi connectivity index (χ0v) is 12.1. The van der Waals surface area contributed by atoms with Crippen molar-refractivity contribution < 1.29 is 19.6 Å². The van der Waals surface area contributed by atoms with E-state index in [-0.39, 0.29) is 23.6 Å². The number of benzene rings is 1. The Hall–Kier alpha value is -2.44. The Balaban J connectivity index is 3.09. The van der Waals surface area contributed by atoms with Gasteiger partial charge in [0.1, 0.15) is 6.04 Å². The number of carboxylic acids is 1. The molecule has 0 aliphatic heterocycles. The summed E-state index contributed by atoms with van der Waals surface area (Å²) in [6.45, 7) is 5.27. The van der Waals surface area contributed by atoms with Gasteiger partial charge >= 0.3 is 5.97 Å². The predicted molar refractivity (Wildman–Crippen MR) is 76.4 cm³/mol. The van der Waals surface area contributed by atoms with Gasteiger partial charge in [0.2, 0.25) is 0 Å². The molecule has 0 aromatic heterocycles. The van der Waals surface area contributed by atoms with Crippen LogP contribution in [0.3, 0.4) is 0 Å². The number of carbonyl (C=O) groups is 2. The zero-order chi connectivity index (χ0) is 16.2. The van der Waals surface area contributed by atoms with Gasteiger partial charge < -0.3 is 10.4 Å². The molecule has 7 nitrogen and oxygen atoms in total. The molecular formula is C14H18N2O5. The first-order valence-corrected chi connectivity index (χ1v) is 6.59. The molecule has 1 rings (SSSR count). The molecule has 1 aromatic rings. The zero-order valence-electron chi connectivity index (χ0n) is 12.1. The largest absolute Gasteiger partial charge is 0.480 e. The van der Waals surface area contributed by atoms with Crippen LogP contribution < -0.4 is 5.32 Å². The quantitative estimate of drug-likeness (QED) is 0.618. The van der Waals surface area contributed by atoms with Crippen molar-refractivity contribution in [2.45, 2.75) is 39.2 Å². The van der Waals surface area contributed by atoms with Crippen LogP contribution in [0.5, 0.6) is 0 Å². The van der Waals surface area contributed by atoms with Crippen molar-refractivity contribution >= 4 is 17.6 Å². The van der Waals surface area contributed by atoms with Crippen molar-refractivity contribution in [3.8, 4) is 0 Å².